The van der Waals surface area contributed by atoms with Crippen LogP contribution in [0.15, 0.2) is 91.0 Å². The van der Waals surface area contributed by atoms with Gasteiger partial charge < -0.3 is 34.9 Å². The van der Waals surface area contributed by atoms with E-state index in [0.29, 0.717) is 11.1 Å². The first-order valence-corrected chi connectivity index (χ1v) is 13.4. The molecule has 206 valence electrons. The molecule has 6 N–H and O–H groups in total. The third-order valence-corrected chi connectivity index (χ3v) is 7.32. The minimum Gasteiger partial charge on any atom is -0.508 e. The molecule has 0 fully saturated rings. The zero-order chi connectivity index (χ0) is 28.8. The fraction of sp³-hybridized carbons (Fsp3) is 0.0294. The van der Waals surface area contributed by atoms with Crippen LogP contribution in [0.2, 0.25) is 0 Å². The number of fused-ring (bicyclic) bond motifs is 8. The fourth-order valence-corrected chi connectivity index (χ4v) is 5.45. The maximum absolute atomic E-state index is 12.0. The molecule has 4 aromatic heterocycles. The molecule has 8 nitrogen and oxygen atoms in total. The van der Waals surface area contributed by atoms with E-state index in [1.165, 1.54) is 13.2 Å². The Hall–Kier alpha value is -5.89. The number of aromatic hydroxyl groups is 2. The van der Waals surface area contributed by atoms with Gasteiger partial charge in [0.25, 0.3) is 0 Å². The highest BCUT2D eigenvalue weighted by Gasteiger charge is 2.14. The second-order valence-electron chi connectivity index (χ2n) is 10.2. The molecule has 7 rings (SSSR count). The number of H-pyrrole nitrogens is 4. The molecule has 0 unspecified atom stereocenters. The van der Waals surface area contributed by atoms with Gasteiger partial charge in [-0.05, 0) is 96.1 Å². The Bertz CT molecular complexity index is 2210. The average molecular weight is 555 g/mol. The molecule has 1 aliphatic rings. The van der Waals surface area contributed by atoms with Crippen molar-refractivity contribution in [1.29, 1.82) is 0 Å². The quantitative estimate of drug-likeness (QED) is 0.188. The van der Waals surface area contributed by atoms with Crippen molar-refractivity contribution in [3.05, 3.63) is 152 Å². The maximum atomic E-state index is 12.0. The van der Waals surface area contributed by atoms with Crippen LogP contribution < -0.4 is 21.4 Å². The number of phenols is 2. The van der Waals surface area contributed by atoms with Crippen molar-refractivity contribution >= 4 is 29.3 Å². The van der Waals surface area contributed by atoms with E-state index in [2.05, 4.69) is 19.9 Å². The molecule has 0 saturated carbocycles. The summed E-state index contributed by atoms with van der Waals surface area (Å²) in [4.78, 5) is 26.1. The van der Waals surface area contributed by atoms with Crippen molar-refractivity contribution in [2.45, 2.75) is 0 Å². The minimum absolute atomic E-state index is 0.0221. The molecule has 0 spiro atoms. The summed E-state index contributed by atoms with van der Waals surface area (Å²) >= 11 is 0. The van der Waals surface area contributed by atoms with Crippen LogP contribution in [-0.2, 0) is 4.74 Å². The summed E-state index contributed by atoms with van der Waals surface area (Å²) in [7, 11) is 1.37. The van der Waals surface area contributed by atoms with E-state index < -0.39 is 0 Å². The van der Waals surface area contributed by atoms with E-state index in [-0.39, 0.29) is 17.5 Å². The summed E-state index contributed by atoms with van der Waals surface area (Å²) in [5, 5.41) is 24.0. The number of aromatic nitrogens is 4. The van der Waals surface area contributed by atoms with Crippen LogP contribution in [0.3, 0.4) is 0 Å². The molecular formula is C34H26N4O4. The molecule has 42 heavy (non-hydrogen) atoms. The van der Waals surface area contributed by atoms with Crippen LogP contribution in [0.25, 0.3) is 23.3 Å². The fourth-order valence-electron chi connectivity index (χ4n) is 5.45. The maximum Gasteiger partial charge on any atom is 0.337 e. The molecule has 0 amide bonds. The van der Waals surface area contributed by atoms with Crippen molar-refractivity contribution in [2.75, 3.05) is 7.11 Å². The molecule has 8 heteroatoms. The predicted octanol–water partition coefficient (Wildman–Crippen LogP) is 2.66. The van der Waals surface area contributed by atoms with Gasteiger partial charge in [0, 0.05) is 61.4 Å². The lowest BCUT2D eigenvalue weighted by molar-refractivity contribution is 0.0600. The van der Waals surface area contributed by atoms with Gasteiger partial charge >= 0.3 is 5.97 Å². The number of hydrogen-bond donors (Lipinski definition) is 6. The lowest BCUT2D eigenvalue weighted by atomic mass is 10.0. The molecule has 1 aliphatic heterocycles. The lowest BCUT2D eigenvalue weighted by Gasteiger charge is -2.08. The number of phenolic OH excluding ortho intramolecular Hbond substituents is 2. The van der Waals surface area contributed by atoms with Gasteiger partial charge in [-0.15, -0.1) is 0 Å². The van der Waals surface area contributed by atoms with E-state index >= 15 is 0 Å². The summed E-state index contributed by atoms with van der Waals surface area (Å²) in [5.41, 5.74) is 7.33. The number of esters is 1. The van der Waals surface area contributed by atoms with Crippen molar-refractivity contribution in [2.24, 2.45) is 0 Å². The second kappa shape index (κ2) is 9.94. The summed E-state index contributed by atoms with van der Waals surface area (Å²) < 4.78 is 4.87. The molecule has 5 heterocycles. The molecule has 8 bridgehead atoms. The van der Waals surface area contributed by atoms with Crippen molar-refractivity contribution in [3.63, 3.8) is 0 Å². The Labute approximate surface area is 239 Å². The first-order chi connectivity index (χ1) is 20.4. The molecule has 6 aromatic rings. The number of rotatable bonds is 3. The van der Waals surface area contributed by atoms with E-state index in [1.54, 1.807) is 24.3 Å². The van der Waals surface area contributed by atoms with Gasteiger partial charge in [-0.25, -0.2) is 4.79 Å². The normalized spacial score (nSPS) is 12.5. The Morgan fingerprint density at radius 3 is 1.64 bits per heavy atom. The lowest BCUT2D eigenvalue weighted by Crippen LogP contribution is -2.15. The van der Waals surface area contributed by atoms with Crippen LogP contribution >= 0.6 is 0 Å². The van der Waals surface area contributed by atoms with Gasteiger partial charge in [-0.1, -0.05) is 12.1 Å². The number of benzene rings is 2. The smallest absolute Gasteiger partial charge is 0.337 e. The summed E-state index contributed by atoms with van der Waals surface area (Å²) in [6.45, 7) is 0. The SMILES string of the molecule is COC(=O)c1ccc(C2=c3ccc([nH]3)=Cc3ccc([nH]3)C(c3cc(O)cc(O)c3)=c3ccc([nH]3)=Cc3ccc2[nH]3)cc1. The second-order valence-corrected chi connectivity index (χ2v) is 10.2. The molecule has 0 atom stereocenters. The number of carbonyl (C=O) groups is 1. The Kier molecular flexibility index (Phi) is 5.94. The minimum atomic E-state index is -0.380. The highest BCUT2D eigenvalue weighted by molar-refractivity contribution is 5.90. The first-order valence-electron chi connectivity index (χ1n) is 13.4. The summed E-state index contributed by atoms with van der Waals surface area (Å²) in [6, 6.07) is 28.0. The summed E-state index contributed by atoms with van der Waals surface area (Å²) in [5.74, 6) is -0.424. The van der Waals surface area contributed by atoms with Crippen molar-refractivity contribution in [3.8, 4) is 11.5 Å². The predicted molar refractivity (Wildman–Crippen MR) is 160 cm³/mol. The number of ether oxygens (including phenoxy) is 1. The van der Waals surface area contributed by atoms with Crippen molar-refractivity contribution in [1.82, 2.24) is 19.9 Å². The monoisotopic (exact) mass is 554 g/mol. The van der Waals surface area contributed by atoms with E-state index in [0.717, 1.165) is 60.9 Å². The molecular weight excluding hydrogens is 528 g/mol. The highest BCUT2D eigenvalue weighted by Crippen LogP contribution is 2.28. The zero-order valence-corrected chi connectivity index (χ0v) is 22.5. The Balaban J connectivity index is 1.47. The van der Waals surface area contributed by atoms with Gasteiger partial charge in [-0.2, -0.15) is 0 Å². The number of carbonyl (C=O) groups excluding carboxylic acids is 1. The number of hydrogen-bond acceptors (Lipinski definition) is 4. The Morgan fingerprint density at radius 1 is 0.595 bits per heavy atom. The van der Waals surface area contributed by atoms with Crippen LogP contribution in [0, 0.1) is 0 Å². The molecule has 0 radical (unpaired) electrons. The average Bonchev–Trinajstić information content (AvgIpc) is 3.79. The number of nitrogens with one attached hydrogen (secondary N) is 4. The first kappa shape index (κ1) is 25.1. The highest BCUT2D eigenvalue weighted by atomic mass is 16.5. The van der Waals surface area contributed by atoms with Crippen LogP contribution in [0.4, 0.5) is 0 Å². The molecule has 0 saturated heterocycles. The van der Waals surface area contributed by atoms with Gasteiger partial charge in [0.15, 0.2) is 0 Å². The topological polar surface area (TPSA) is 130 Å². The van der Waals surface area contributed by atoms with Crippen LogP contribution in [0.1, 0.15) is 44.3 Å². The van der Waals surface area contributed by atoms with Crippen LogP contribution in [-0.4, -0.2) is 43.2 Å². The third kappa shape index (κ3) is 4.61. The van der Waals surface area contributed by atoms with Gasteiger partial charge in [0.1, 0.15) is 11.5 Å². The number of methoxy groups -OCH3 is 1. The van der Waals surface area contributed by atoms with Gasteiger partial charge in [0.05, 0.1) is 12.7 Å². The van der Waals surface area contributed by atoms with Gasteiger partial charge in [-0.3, -0.25) is 0 Å². The largest absolute Gasteiger partial charge is 0.508 e. The van der Waals surface area contributed by atoms with E-state index in [1.807, 2.05) is 72.8 Å². The standard InChI is InChI=1S/C34H26N4O4/c1-42-34(41)20-4-2-19(3-5-20)32-28-10-6-22(35-28)16-24-8-12-30(37-24)33(21-14-26(39)18-27(40)15-21)31-13-9-25(38-31)17-23-7-11-29(32)36-23/h2-18,35-40H,1H3. The molecule has 0 aliphatic carbocycles. The zero-order valence-electron chi connectivity index (χ0n) is 22.5. The van der Waals surface area contributed by atoms with Crippen LogP contribution in [0.5, 0.6) is 11.5 Å². The van der Waals surface area contributed by atoms with E-state index in [4.69, 9.17) is 4.74 Å². The van der Waals surface area contributed by atoms with E-state index in [9.17, 15) is 15.0 Å². The third-order valence-electron chi connectivity index (χ3n) is 7.32. The molecule has 2 aromatic carbocycles. The van der Waals surface area contributed by atoms with Gasteiger partial charge in [0.2, 0.25) is 0 Å². The number of aromatic amines is 4. The Morgan fingerprint density at radius 2 is 1.12 bits per heavy atom. The van der Waals surface area contributed by atoms with Crippen molar-refractivity contribution < 1.29 is 19.7 Å². The summed E-state index contributed by atoms with van der Waals surface area (Å²) in [6.07, 6.45) is 4.03.